The van der Waals surface area contributed by atoms with Gasteiger partial charge >= 0.3 is 0 Å². The van der Waals surface area contributed by atoms with Crippen molar-refractivity contribution in [2.75, 3.05) is 18.4 Å². The van der Waals surface area contributed by atoms with Crippen molar-refractivity contribution in [3.05, 3.63) is 52.0 Å². The summed E-state index contributed by atoms with van der Waals surface area (Å²) in [6.45, 7) is 8.17. The van der Waals surface area contributed by atoms with E-state index in [9.17, 15) is 13.2 Å². The molecule has 0 spiro atoms. The number of carbonyl (C=O) groups excluding carboxylic acids is 1. The second-order valence-corrected chi connectivity index (χ2v) is 9.93. The smallest absolute Gasteiger partial charge is 0.259 e. The summed E-state index contributed by atoms with van der Waals surface area (Å²) >= 11 is 7.57. The molecule has 0 unspecified atom stereocenters. The summed E-state index contributed by atoms with van der Waals surface area (Å²) in [7, 11) is -3.70. The fourth-order valence-corrected chi connectivity index (χ4v) is 5.72. The monoisotopic (exact) mass is 451 g/mol. The van der Waals surface area contributed by atoms with Crippen molar-refractivity contribution in [1.29, 1.82) is 0 Å². The molecule has 3 aromatic rings. The molecule has 0 fully saturated rings. The molecular weight excluding hydrogens is 430 g/mol. The Morgan fingerprint density at radius 2 is 1.79 bits per heavy atom. The summed E-state index contributed by atoms with van der Waals surface area (Å²) in [5.41, 5.74) is 3.03. The van der Waals surface area contributed by atoms with Crippen molar-refractivity contribution >= 4 is 54.2 Å². The van der Waals surface area contributed by atoms with Gasteiger partial charge in [-0.1, -0.05) is 48.9 Å². The van der Waals surface area contributed by atoms with Crippen LogP contribution in [0.2, 0.25) is 5.02 Å². The van der Waals surface area contributed by atoms with Crippen LogP contribution >= 0.6 is 22.9 Å². The van der Waals surface area contributed by atoms with Crippen molar-refractivity contribution in [1.82, 2.24) is 9.29 Å². The van der Waals surface area contributed by atoms with E-state index in [4.69, 9.17) is 11.6 Å². The Labute approximate surface area is 179 Å². The zero-order valence-corrected chi connectivity index (χ0v) is 19.0. The molecule has 0 aliphatic heterocycles. The third-order valence-electron chi connectivity index (χ3n) is 4.69. The number of nitrogens with zero attached hydrogens (tertiary/aromatic N) is 2. The second-order valence-electron chi connectivity index (χ2n) is 6.58. The zero-order chi connectivity index (χ0) is 21.3. The highest BCUT2D eigenvalue weighted by Crippen LogP contribution is 2.31. The summed E-state index contributed by atoms with van der Waals surface area (Å²) in [5.74, 6) is -0.499. The Hall–Kier alpha value is -2.00. The van der Waals surface area contributed by atoms with Gasteiger partial charge in [-0.25, -0.2) is 13.4 Å². The molecule has 1 N–H and O–H groups in total. The number of carbonyl (C=O) groups is 1. The van der Waals surface area contributed by atoms with Gasteiger partial charge in [0.15, 0.2) is 5.13 Å². The van der Waals surface area contributed by atoms with E-state index in [-0.39, 0.29) is 15.5 Å². The van der Waals surface area contributed by atoms with Crippen LogP contribution in [0.4, 0.5) is 5.13 Å². The molecule has 0 aliphatic rings. The van der Waals surface area contributed by atoms with Crippen LogP contribution in [0.3, 0.4) is 0 Å². The molecule has 1 heterocycles. The first-order valence-electron chi connectivity index (χ1n) is 9.16. The lowest BCUT2D eigenvalue weighted by Gasteiger charge is -2.19. The van der Waals surface area contributed by atoms with Crippen LogP contribution in [-0.2, 0) is 10.0 Å². The average molecular weight is 452 g/mol. The van der Waals surface area contributed by atoms with E-state index < -0.39 is 15.9 Å². The van der Waals surface area contributed by atoms with Gasteiger partial charge in [0, 0.05) is 13.1 Å². The molecule has 2 aromatic carbocycles. The molecule has 1 aromatic heterocycles. The van der Waals surface area contributed by atoms with Gasteiger partial charge in [0.05, 0.1) is 25.7 Å². The van der Waals surface area contributed by atoms with Gasteiger partial charge in [-0.2, -0.15) is 4.31 Å². The van der Waals surface area contributed by atoms with Gasteiger partial charge in [-0.05, 0) is 43.2 Å². The largest absolute Gasteiger partial charge is 0.298 e. The number of amides is 1. The van der Waals surface area contributed by atoms with Crippen molar-refractivity contribution < 1.29 is 13.2 Å². The highest BCUT2D eigenvalue weighted by Gasteiger charge is 2.24. The molecule has 0 saturated carbocycles. The van der Waals surface area contributed by atoms with Crippen LogP contribution in [0, 0.1) is 13.8 Å². The van der Waals surface area contributed by atoms with Crippen LogP contribution in [0.1, 0.15) is 35.3 Å². The minimum atomic E-state index is -3.70. The van der Waals surface area contributed by atoms with E-state index in [1.165, 1.54) is 33.8 Å². The molecule has 0 radical (unpaired) electrons. The summed E-state index contributed by atoms with van der Waals surface area (Å²) in [5, 5.41) is 3.37. The van der Waals surface area contributed by atoms with Gasteiger partial charge in [0.1, 0.15) is 0 Å². The Kier molecular flexibility index (Phi) is 6.28. The minimum Gasteiger partial charge on any atom is -0.298 e. The summed E-state index contributed by atoms with van der Waals surface area (Å²) in [6, 6.07) is 8.16. The van der Waals surface area contributed by atoms with E-state index in [1.807, 2.05) is 26.0 Å². The number of anilines is 1. The number of hydrogen-bond donors (Lipinski definition) is 1. The summed E-state index contributed by atoms with van der Waals surface area (Å²) in [6.07, 6.45) is 0. The maximum Gasteiger partial charge on any atom is 0.259 e. The SMILES string of the molecule is CCN(CC)S(=O)(=O)c1ccc(Cl)c(C(=O)Nc2nc3c(C)ccc(C)c3s2)c1. The molecule has 0 saturated heterocycles. The second kappa shape index (κ2) is 8.39. The Morgan fingerprint density at radius 3 is 2.41 bits per heavy atom. The molecule has 29 heavy (non-hydrogen) atoms. The first-order chi connectivity index (χ1) is 13.7. The number of thiazole rings is 1. The molecule has 1 amide bonds. The maximum absolute atomic E-state index is 12.8. The molecule has 0 aliphatic carbocycles. The molecule has 0 bridgehead atoms. The van der Waals surface area contributed by atoms with Crippen molar-refractivity contribution in [2.45, 2.75) is 32.6 Å². The highest BCUT2D eigenvalue weighted by atomic mass is 35.5. The number of aryl methyl sites for hydroxylation is 2. The number of halogens is 1. The molecular formula is C20H22ClN3O3S2. The summed E-state index contributed by atoms with van der Waals surface area (Å²) < 4.78 is 27.9. The normalized spacial score (nSPS) is 11.9. The van der Waals surface area contributed by atoms with Gasteiger partial charge in [0.2, 0.25) is 10.0 Å². The predicted molar refractivity (Wildman–Crippen MR) is 119 cm³/mol. The minimum absolute atomic E-state index is 0.0340. The lowest BCUT2D eigenvalue weighted by molar-refractivity contribution is 0.102. The number of fused-ring (bicyclic) bond motifs is 1. The fourth-order valence-electron chi connectivity index (χ4n) is 3.03. The van der Waals surface area contributed by atoms with Gasteiger partial charge in [-0.15, -0.1) is 0 Å². The molecule has 154 valence electrons. The molecule has 0 atom stereocenters. The average Bonchev–Trinajstić information content (AvgIpc) is 3.10. The van der Waals surface area contributed by atoms with E-state index >= 15 is 0 Å². The Balaban J connectivity index is 1.96. The third-order valence-corrected chi connectivity index (χ3v) is 8.17. The number of sulfonamides is 1. The van der Waals surface area contributed by atoms with E-state index in [0.717, 1.165) is 21.3 Å². The maximum atomic E-state index is 12.8. The number of nitrogens with one attached hydrogen (secondary N) is 1. The fraction of sp³-hybridized carbons (Fsp3) is 0.300. The van der Waals surface area contributed by atoms with Crippen LogP contribution in [0.25, 0.3) is 10.2 Å². The first kappa shape index (κ1) is 21.7. The van der Waals surface area contributed by atoms with E-state index in [2.05, 4.69) is 10.3 Å². The number of benzene rings is 2. The number of aromatic nitrogens is 1. The lowest BCUT2D eigenvalue weighted by Crippen LogP contribution is -2.30. The van der Waals surface area contributed by atoms with Crippen molar-refractivity contribution in [3.8, 4) is 0 Å². The molecule has 3 rings (SSSR count). The third kappa shape index (κ3) is 4.16. The van der Waals surface area contributed by atoms with Gasteiger partial charge in [-0.3, -0.25) is 10.1 Å². The van der Waals surface area contributed by atoms with Gasteiger partial charge < -0.3 is 0 Å². The standard InChI is InChI=1S/C20H22ClN3O3S2/c1-5-24(6-2)29(26,27)14-9-10-16(21)15(11-14)19(25)23-20-22-17-12(3)7-8-13(4)18(17)28-20/h7-11H,5-6H2,1-4H3,(H,22,23,25). The number of rotatable bonds is 6. The van der Waals surface area contributed by atoms with Crippen LogP contribution in [-0.4, -0.2) is 36.7 Å². The predicted octanol–water partition coefficient (Wildman–Crippen LogP) is 4.85. The number of hydrogen-bond acceptors (Lipinski definition) is 5. The highest BCUT2D eigenvalue weighted by molar-refractivity contribution is 7.89. The molecule has 9 heteroatoms. The van der Waals surface area contributed by atoms with E-state index in [1.54, 1.807) is 13.8 Å². The topological polar surface area (TPSA) is 79.4 Å². The van der Waals surface area contributed by atoms with Gasteiger partial charge in [0.25, 0.3) is 5.91 Å². The summed E-state index contributed by atoms with van der Waals surface area (Å²) in [4.78, 5) is 17.4. The van der Waals surface area contributed by atoms with Crippen LogP contribution in [0.15, 0.2) is 35.2 Å². The quantitative estimate of drug-likeness (QED) is 0.581. The van der Waals surface area contributed by atoms with E-state index in [0.29, 0.717) is 18.2 Å². The van der Waals surface area contributed by atoms with Crippen LogP contribution < -0.4 is 5.32 Å². The Bertz CT molecular complexity index is 1150. The van der Waals surface area contributed by atoms with Crippen LogP contribution in [0.5, 0.6) is 0 Å². The first-order valence-corrected chi connectivity index (χ1v) is 11.8. The Morgan fingerprint density at radius 1 is 1.14 bits per heavy atom. The molecule has 6 nitrogen and oxygen atoms in total. The van der Waals surface area contributed by atoms with Crippen molar-refractivity contribution in [3.63, 3.8) is 0 Å². The van der Waals surface area contributed by atoms with Crippen molar-refractivity contribution in [2.24, 2.45) is 0 Å². The zero-order valence-electron chi connectivity index (χ0n) is 16.6. The lowest BCUT2D eigenvalue weighted by atomic mass is 10.1.